The van der Waals surface area contributed by atoms with Gasteiger partial charge in [0.1, 0.15) is 11.6 Å². The number of rotatable bonds is 5. The second kappa shape index (κ2) is 6.10. The average molecular weight is 275 g/mol. The number of benzene rings is 1. The molecule has 5 nitrogen and oxygen atoms in total. The summed E-state index contributed by atoms with van der Waals surface area (Å²) in [5, 5.41) is 14.1. The van der Waals surface area contributed by atoms with Gasteiger partial charge in [-0.1, -0.05) is 19.1 Å². The van der Waals surface area contributed by atoms with Gasteiger partial charge in [0.2, 0.25) is 0 Å². The smallest absolute Gasteiger partial charge is 0.295 e. The molecule has 0 atom stereocenters. The predicted octanol–water partition coefficient (Wildman–Crippen LogP) is 3.62. The van der Waals surface area contributed by atoms with Crippen molar-refractivity contribution in [2.45, 2.75) is 13.3 Å². The van der Waals surface area contributed by atoms with Gasteiger partial charge in [-0.3, -0.25) is 10.1 Å². The summed E-state index contributed by atoms with van der Waals surface area (Å²) >= 11 is 0. The van der Waals surface area contributed by atoms with Gasteiger partial charge in [0.15, 0.2) is 5.69 Å². The van der Waals surface area contributed by atoms with Crippen LogP contribution in [0.5, 0.6) is 0 Å². The zero-order valence-electron chi connectivity index (χ0n) is 11.0. The van der Waals surface area contributed by atoms with Gasteiger partial charge in [-0.05, 0) is 24.6 Å². The van der Waals surface area contributed by atoms with Crippen LogP contribution in [0.4, 0.5) is 15.9 Å². The number of nitrogens with one attached hydrogen (secondary N) is 1. The van der Waals surface area contributed by atoms with Crippen molar-refractivity contribution < 1.29 is 9.31 Å². The van der Waals surface area contributed by atoms with Crippen LogP contribution in [-0.2, 0) is 0 Å². The van der Waals surface area contributed by atoms with Crippen molar-refractivity contribution in [1.82, 2.24) is 4.98 Å². The summed E-state index contributed by atoms with van der Waals surface area (Å²) in [6, 6.07) is 8.76. The molecule has 2 rings (SSSR count). The lowest BCUT2D eigenvalue weighted by atomic mass is 10.1. The Bertz CT molecular complexity index is 632. The van der Waals surface area contributed by atoms with E-state index in [0.29, 0.717) is 12.4 Å². The lowest BCUT2D eigenvalue weighted by molar-refractivity contribution is -0.384. The molecule has 0 radical (unpaired) electrons. The van der Waals surface area contributed by atoms with Crippen LogP contribution in [0, 0.1) is 15.9 Å². The summed E-state index contributed by atoms with van der Waals surface area (Å²) in [5.74, 6) is -0.0357. The molecule has 104 valence electrons. The fraction of sp³-hybridized carbons (Fsp3) is 0.214. The minimum atomic E-state index is -0.557. The van der Waals surface area contributed by atoms with E-state index in [1.54, 1.807) is 6.07 Å². The molecule has 0 bridgehead atoms. The first-order valence-corrected chi connectivity index (χ1v) is 6.27. The van der Waals surface area contributed by atoms with E-state index in [2.05, 4.69) is 10.3 Å². The summed E-state index contributed by atoms with van der Waals surface area (Å²) < 4.78 is 13.8. The monoisotopic (exact) mass is 275 g/mol. The summed E-state index contributed by atoms with van der Waals surface area (Å²) in [4.78, 5) is 14.7. The molecule has 0 unspecified atom stereocenters. The number of hydrogen-bond donors (Lipinski definition) is 1. The van der Waals surface area contributed by atoms with Gasteiger partial charge in [-0.25, -0.2) is 9.37 Å². The third-order valence-electron chi connectivity index (χ3n) is 2.76. The zero-order valence-corrected chi connectivity index (χ0v) is 11.0. The molecule has 6 heteroatoms. The number of anilines is 1. The van der Waals surface area contributed by atoms with Crippen LogP contribution >= 0.6 is 0 Å². The quantitative estimate of drug-likeness (QED) is 0.668. The van der Waals surface area contributed by atoms with E-state index in [9.17, 15) is 14.5 Å². The Balaban J connectivity index is 2.53. The molecular weight excluding hydrogens is 261 g/mol. The molecule has 20 heavy (non-hydrogen) atoms. The molecule has 0 saturated carbocycles. The first kappa shape index (κ1) is 13.9. The highest BCUT2D eigenvalue weighted by Crippen LogP contribution is 2.30. The summed E-state index contributed by atoms with van der Waals surface area (Å²) in [6.07, 6.45) is 0.897. The second-order valence-electron chi connectivity index (χ2n) is 4.23. The van der Waals surface area contributed by atoms with Crippen LogP contribution in [0.25, 0.3) is 11.3 Å². The van der Waals surface area contributed by atoms with E-state index < -0.39 is 10.7 Å². The first-order valence-electron chi connectivity index (χ1n) is 6.27. The van der Waals surface area contributed by atoms with Crippen LogP contribution < -0.4 is 5.32 Å². The third kappa shape index (κ3) is 2.90. The molecule has 1 aromatic heterocycles. The minimum absolute atomic E-state index is 0.0363. The van der Waals surface area contributed by atoms with Gasteiger partial charge in [-0.2, -0.15) is 0 Å². The summed E-state index contributed by atoms with van der Waals surface area (Å²) in [7, 11) is 0. The largest absolute Gasteiger partial charge is 0.370 e. The maximum absolute atomic E-state index is 13.8. The Kier molecular flexibility index (Phi) is 4.24. The van der Waals surface area contributed by atoms with Gasteiger partial charge in [-0.15, -0.1) is 0 Å². The van der Waals surface area contributed by atoms with E-state index in [0.717, 1.165) is 6.42 Å². The Hall–Kier alpha value is -2.50. The summed E-state index contributed by atoms with van der Waals surface area (Å²) in [5.41, 5.74) is -0.0503. The molecule has 0 spiro atoms. The first-order chi connectivity index (χ1) is 9.63. The van der Waals surface area contributed by atoms with Gasteiger partial charge in [0.05, 0.1) is 4.92 Å². The van der Waals surface area contributed by atoms with Crippen molar-refractivity contribution in [2.24, 2.45) is 0 Å². The van der Waals surface area contributed by atoms with Crippen LogP contribution in [0.2, 0.25) is 0 Å². The van der Waals surface area contributed by atoms with Crippen LogP contribution in [-0.4, -0.2) is 16.5 Å². The Morgan fingerprint density at radius 1 is 1.30 bits per heavy atom. The van der Waals surface area contributed by atoms with Crippen molar-refractivity contribution in [3.63, 3.8) is 0 Å². The predicted molar refractivity (Wildman–Crippen MR) is 75.1 cm³/mol. The molecule has 0 fully saturated rings. The van der Waals surface area contributed by atoms with E-state index in [-0.39, 0.29) is 16.9 Å². The van der Waals surface area contributed by atoms with Gasteiger partial charge in [0.25, 0.3) is 5.69 Å². The lowest BCUT2D eigenvalue weighted by Crippen LogP contribution is -2.04. The van der Waals surface area contributed by atoms with Crippen LogP contribution in [0.15, 0.2) is 36.4 Å². The third-order valence-corrected chi connectivity index (χ3v) is 2.76. The number of nitrogens with zero attached hydrogens (tertiary/aromatic N) is 2. The molecular formula is C14H14FN3O2. The topological polar surface area (TPSA) is 68.1 Å². The van der Waals surface area contributed by atoms with E-state index in [4.69, 9.17) is 0 Å². The van der Waals surface area contributed by atoms with E-state index >= 15 is 0 Å². The van der Waals surface area contributed by atoms with Crippen molar-refractivity contribution >= 4 is 11.5 Å². The molecule has 1 aromatic carbocycles. The van der Waals surface area contributed by atoms with Gasteiger partial charge in [0, 0.05) is 18.2 Å². The van der Waals surface area contributed by atoms with E-state index in [1.165, 1.54) is 30.3 Å². The zero-order chi connectivity index (χ0) is 14.5. The molecule has 2 aromatic rings. The standard InChI is InChI=1S/C14H14FN3O2/c1-2-9-16-13-8-7-12(18(19)20)14(17-13)10-5-3-4-6-11(10)15/h3-8H,2,9H2,1H3,(H,16,17). The molecule has 1 N–H and O–H groups in total. The fourth-order valence-corrected chi connectivity index (χ4v) is 1.80. The van der Waals surface area contributed by atoms with Gasteiger partial charge < -0.3 is 5.32 Å². The highest BCUT2D eigenvalue weighted by molar-refractivity contribution is 5.71. The fourth-order valence-electron chi connectivity index (χ4n) is 1.80. The molecule has 1 heterocycles. The molecule has 0 amide bonds. The highest BCUT2D eigenvalue weighted by atomic mass is 19.1. The van der Waals surface area contributed by atoms with Gasteiger partial charge >= 0.3 is 0 Å². The Labute approximate surface area is 115 Å². The average Bonchev–Trinajstić information content (AvgIpc) is 2.45. The molecule has 0 aliphatic carbocycles. The minimum Gasteiger partial charge on any atom is -0.370 e. The van der Waals surface area contributed by atoms with Crippen LogP contribution in [0.1, 0.15) is 13.3 Å². The molecule has 0 aliphatic heterocycles. The molecule has 0 aliphatic rings. The maximum Gasteiger partial charge on any atom is 0.295 e. The Morgan fingerprint density at radius 2 is 2.05 bits per heavy atom. The summed E-state index contributed by atoms with van der Waals surface area (Å²) in [6.45, 7) is 2.69. The highest BCUT2D eigenvalue weighted by Gasteiger charge is 2.20. The van der Waals surface area contributed by atoms with Crippen LogP contribution in [0.3, 0.4) is 0 Å². The Morgan fingerprint density at radius 3 is 2.70 bits per heavy atom. The number of pyridine rings is 1. The number of hydrogen-bond acceptors (Lipinski definition) is 4. The normalized spacial score (nSPS) is 10.3. The van der Waals surface area contributed by atoms with Crippen molar-refractivity contribution in [3.8, 4) is 11.3 Å². The van der Waals surface area contributed by atoms with Crippen molar-refractivity contribution in [3.05, 3.63) is 52.3 Å². The SMILES string of the molecule is CCCNc1ccc([N+](=O)[O-])c(-c2ccccc2F)n1. The number of nitro groups is 1. The van der Waals surface area contributed by atoms with Crippen molar-refractivity contribution in [2.75, 3.05) is 11.9 Å². The second-order valence-corrected chi connectivity index (χ2v) is 4.23. The maximum atomic E-state index is 13.8. The number of halogens is 1. The van der Waals surface area contributed by atoms with E-state index in [1.807, 2.05) is 6.92 Å². The van der Waals surface area contributed by atoms with Crippen molar-refractivity contribution in [1.29, 1.82) is 0 Å². The molecule has 0 saturated heterocycles. The lowest BCUT2D eigenvalue weighted by Gasteiger charge is -2.08. The number of aromatic nitrogens is 1.